The molecule has 6 heteroatoms. The van der Waals surface area contributed by atoms with Crippen molar-refractivity contribution in [1.29, 1.82) is 0 Å². The molecule has 4 heterocycles. The van der Waals surface area contributed by atoms with Gasteiger partial charge in [-0.25, -0.2) is 0 Å². The Kier molecular flexibility index (Phi) is 7.58. The van der Waals surface area contributed by atoms with Crippen molar-refractivity contribution in [3.8, 4) is 11.4 Å². The molecule has 6 aromatic rings. The second-order valence-corrected chi connectivity index (χ2v) is 10.1. The van der Waals surface area contributed by atoms with E-state index in [2.05, 4.69) is 88.6 Å². The summed E-state index contributed by atoms with van der Waals surface area (Å²) in [7, 11) is 0. The van der Waals surface area contributed by atoms with Crippen molar-refractivity contribution in [2.45, 2.75) is 44.9 Å². The van der Waals surface area contributed by atoms with E-state index in [0.29, 0.717) is 0 Å². The van der Waals surface area contributed by atoms with Gasteiger partial charge in [-0.2, -0.15) is 0 Å². The van der Waals surface area contributed by atoms with Gasteiger partial charge in [0.25, 0.3) is 0 Å². The van der Waals surface area contributed by atoms with Crippen LogP contribution < -0.4 is 10.1 Å². The first-order valence-electron chi connectivity index (χ1n) is 12.9. The Bertz CT molecular complexity index is 1620. The molecule has 5 nitrogen and oxygen atoms in total. The van der Waals surface area contributed by atoms with E-state index in [1.165, 1.54) is 29.2 Å². The van der Waals surface area contributed by atoms with Crippen molar-refractivity contribution in [3.05, 3.63) is 114 Å². The number of aryl methyl sites for hydroxylation is 1. The maximum atomic E-state index is 4.93. The molecule has 0 radical (unpaired) electrons. The predicted octanol–water partition coefficient (Wildman–Crippen LogP) is 6.65. The van der Waals surface area contributed by atoms with Gasteiger partial charge in [0, 0.05) is 17.3 Å². The monoisotopic (exact) mass is 678 g/mol. The summed E-state index contributed by atoms with van der Waals surface area (Å²) in [6.45, 7) is 4.32. The molecule has 4 aromatic heterocycles. The van der Waals surface area contributed by atoms with Crippen LogP contribution in [0.4, 0.5) is 0 Å². The molecule has 38 heavy (non-hydrogen) atoms. The first kappa shape index (κ1) is 26.1. The zero-order valence-corrected chi connectivity index (χ0v) is 23.8. The molecule has 0 atom stereocenters. The van der Waals surface area contributed by atoms with E-state index in [-0.39, 0.29) is 26.5 Å². The first-order chi connectivity index (χ1) is 18.1. The molecule has 0 saturated heterocycles. The fourth-order valence-corrected chi connectivity index (χ4v) is 5.14. The van der Waals surface area contributed by atoms with E-state index < -0.39 is 0 Å². The van der Waals surface area contributed by atoms with Crippen molar-refractivity contribution in [2.24, 2.45) is 0 Å². The Morgan fingerprint density at radius 3 is 2.08 bits per heavy atom. The third kappa shape index (κ3) is 4.96. The molecule has 0 spiro atoms. The number of hydrogen-bond acceptors (Lipinski definition) is 3. The van der Waals surface area contributed by atoms with Crippen LogP contribution in [0.25, 0.3) is 33.2 Å². The quantitative estimate of drug-likeness (QED) is 0.210. The summed E-state index contributed by atoms with van der Waals surface area (Å²) in [5.74, 6) is 0. The number of hydrogen-bond donors (Lipinski definition) is 0. The van der Waals surface area contributed by atoms with Gasteiger partial charge in [-0.05, 0) is 80.1 Å². The largest absolute Gasteiger partial charge is 2.00 e. The van der Waals surface area contributed by atoms with Crippen LogP contribution in [0, 0.1) is 0 Å². The number of nitrogens with zero attached hydrogens (tertiary/aromatic N) is 5. The van der Waals surface area contributed by atoms with Crippen LogP contribution in [0.2, 0.25) is 0 Å². The van der Waals surface area contributed by atoms with Crippen molar-refractivity contribution in [1.82, 2.24) is 25.1 Å². The average Bonchev–Trinajstić information content (AvgIpc) is 3.56. The zero-order chi connectivity index (χ0) is 25.2. The number of benzene rings is 2. The Balaban J connectivity index is 0.000000177. The second-order valence-electron chi connectivity index (χ2n) is 10.1. The van der Waals surface area contributed by atoms with Gasteiger partial charge >= 0.3 is 21.1 Å². The second kappa shape index (κ2) is 11.0. The smallest absolute Gasteiger partial charge is 0.657 e. The van der Waals surface area contributed by atoms with Gasteiger partial charge in [0.1, 0.15) is 0 Å². The van der Waals surface area contributed by atoms with Crippen LogP contribution in [0.5, 0.6) is 0 Å². The SMILES string of the molecule is CC(C)(c1ccccn1)c1cccc(-c2[n-]nc3c2CCCC3)n1.[Pt+2].c1ccc2c(c1)[n-]c1ccccc12. The summed E-state index contributed by atoms with van der Waals surface area (Å²) in [5, 5.41) is 11.3. The molecule has 0 aliphatic heterocycles. The van der Waals surface area contributed by atoms with Crippen molar-refractivity contribution in [2.75, 3.05) is 0 Å². The Labute approximate surface area is 237 Å². The van der Waals surface area contributed by atoms with Gasteiger partial charge in [0.15, 0.2) is 0 Å². The van der Waals surface area contributed by atoms with Crippen LogP contribution in [0.3, 0.4) is 0 Å². The molecule has 0 amide bonds. The summed E-state index contributed by atoms with van der Waals surface area (Å²) < 4.78 is 0. The third-order valence-corrected chi connectivity index (χ3v) is 7.27. The van der Waals surface area contributed by atoms with Crippen LogP contribution in [-0.2, 0) is 39.3 Å². The van der Waals surface area contributed by atoms with E-state index in [9.17, 15) is 0 Å². The predicted molar refractivity (Wildman–Crippen MR) is 149 cm³/mol. The van der Waals surface area contributed by atoms with Crippen molar-refractivity contribution in [3.63, 3.8) is 0 Å². The molecular weight excluding hydrogens is 649 g/mol. The van der Waals surface area contributed by atoms with Gasteiger partial charge in [0.2, 0.25) is 0 Å². The fraction of sp³-hybridized carbons (Fsp3) is 0.219. The maximum Gasteiger partial charge on any atom is 2.00 e. The molecule has 0 saturated carbocycles. The summed E-state index contributed by atoms with van der Waals surface area (Å²) in [5.41, 5.74) is 8.28. The van der Waals surface area contributed by atoms with Crippen LogP contribution in [0.1, 0.15) is 49.3 Å². The minimum Gasteiger partial charge on any atom is -0.657 e. The van der Waals surface area contributed by atoms with Crippen molar-refractivity contribution >= 4 is 21.8 Å². The fourth-order valence-electron chi connectivity index (χ4n) is 5.14. The van der Waals surface area contributed by atoms with Crippen LogP contribution in [-0.4, -0.2) is 15.1 Å². The van der Waals surface area contributed by atoms with Gasteiger partial charge < -0.3 is 15.2 Å². The molecule has 7 rings (SSSR count). The summed E-state index contributed by atoms with van der Waals surface area (Å²) in [6.07, 6.45) is 6.37. The number of rotatable bonds is 3. The molecule has 1 aliphatic rings. The summed E-state index contributed by atoms with van der Waals surface area (Å²) in [6, 6.07) is 28.7. The van der Waals surface area contributed by atoms with E-state index >= 15 is 0 Å². The average molecular weight is 679 g/mol. The third-order valence-electron chi connectivity index (χ3n) is 7.27. The molecule has 0 bridgehead atoms. The maximum absolute atomic E-state index is 4.93. The van der Waals surface area contributed by atoms with E-state index in [1.807, 2.05) is 36.5 Å². The molecule has 0 N–H and O–H groups in total. The van der Waals surface area contributed by atoms with Gasteiger partial charge in [-0.15, -0.1) is 11.0 Å². The Hall–Kier alpha value is -3.56. The molecule has 1 aliphatic carbocycles. The zero-order valence-electron chi connectivity index (χ0n) is 21.5. The first-order valence-corrected chi connectivity index (χ1v) is 12.9. The van der Waals surface area contributed by atoms with E-state index in [4.69, 9.17) is 4.98 Å². The number of aromatic nitrogens is 5. The topological polar surface area (TPSA) is 66.9 Å². The van der Waals surface area contributed by atoms with Gasteiger partial charge in [0.05, 0.1) is 17.1 Å². The number of fused-ring (bicyclic) bond motifs is 4. The molecule has 0 fully saturated rings. The molecule has 0 unspecified atom stereocenters. The Morgan fingerprint density at radius 1 is 0.711 bits per heavy atom. The van der Waals surface area contributed by atoms with Gasteiger partial charge in [-0.3, -0.25) is 9.97 Å². The van der Waals surface area contributed by atoms with Crippen LogP contribution >= 0.6 is 0 Å². The minimum atomic E-state index is -0.253. The number of pyridine rings is 2. The summed E-state index contributed by atoms with van der Waals surface area (Å²) in [4.78, 5) is 14.0. The number of para-hydroxylation sites is 2. The Morgan fingerprint density at radius 2 is 1.37 bits per heavy atom. The minimum absolute atomic E-state index is 0. The van der Waals surface area contributed by atoms with Gasteiger partial charge in [-0.1, -0.05) is 66.4 Å². The van der Waals surface area contributed by atoms with E-state index in [0.717, 1.165) is 52.3 Å². The molecule has 2 aromatic carbocycles. The summed E-state index contributed by atoms with van der Waals surface area (Å²) >= 11 is 0. The standard InChI is InChI=1S/C20H21N4.C12H8N.Pt/c1-20(2,17-11-5-6-13-21-17)18-12-7-10-16(22-18)19-14-8-3-4-9-15(14)23-24-19;1-3-7-11-9(5-1)10-6-2-4-8-12(10)13-11;/h5-7,10-13H,3-4,8-9H2,1-2H3;1-8H;/q2*-1;+2. The van der Waals surface area contributed by atoms with Crippen molar-refractivity contribution < 1.29 is 21.1 Å². The normalized spacial score (nSPS) is 12.9. The van der Waals surface area contributed by atoms with Crippen LogP contribution in [0.15, 0.2) is 91.1 Å². The molecular formula is C32H29N5Pt. The van der Waals surface area contributed by atoms with E-state index in [1.54, 1.807) is 0 Å². The molecule has 192 valence electrons.